The van der Waals surface area contributed by atoms with Crippen LogP contribution in [-0.4, -0.2) is 61.1 Å². The van der Waals surface area contributed by atoms with Crippen LogP contribution in [0, 0.1) is 18.6 Å². The maximum atomic E-state index is 13.9. The topological polar surface area (TPSA) is 70.7 Å². The molecule has 3 atom stereocenters. The van der Waals surface area contributed by atoms with Crippen molar-refractivity contribution in [3.05, 3.63) is 70.3 Å². The molecule has 0 radical (unpaired) electrons. The Labute approximate surface area is 231 Å². The molecule has 0 unspecified atom stereocenters. The van der Waals surface area contributed by atoms with Crippen LogP contribution in [0.25, 0.3) is 0 Å². The second-order valence-electron chi connectivity index (χ2n) is 10.6. The summed E-state index contributed by atoms with van der Waals surface area (Å²) >= 11 is 0. The lowest BCUT2D eigenvalue weighted by atomic mass is 9.97. The monoisotopic (exact) mass is 543 g/mol. The molecule has 1 aliphatic heterocycles. The van der Waals surface area contributed by atoms with Crippen molar-refractivity contribution in [2.24, 2.45) is 0 Å². The van der Waals surface area contributed by atoms with Crippen LogP contribution in [0.5, 0.6) is 0 Å². The van der Waals surface area contributed by atoms with Crippen LogP contribution >= 0.6 is 0 Å². The van der Waals surface area contributed by atoms with Crippen molar-refractivity contribution in [1.29, 1.82) is 0 Å². The fraction of sp³-hybridized carbons (Fsp3) is 0.548. The number of hydrogen-bond donors (Lipinski definition) is 2. The molecule has 8 heteroatoms. The number of rotatable bonds is 14. The first-order chi connectivity index (χ1) is 18.7. The van der Waals surface area contributed by atoms with E-state index < -0.39 is 11.6 Å². The third-order valence-electron chi connectivity index (χ3n) is 6.91. The highest BCUT2D eigenvalue weighted by Gasteiger charge is 2.28. The lowest BCUT2D eigenvalue weighted by molar-refractivity contribution is 0.0655. The standard InChI is InChI=1S/C31H43F2N3O3/c1-5-8-36(9-6-2)31(38)24-12-21(4)11-23(16-24)30(37)35-28(15-22-13-25(32)17-26(33)14-22)18-27-19-29(20-34-27)39-10-7-3/h11-14,16-17,27-29,34H,5-10,15,18-20H2,1-4H3,(H,35,37)/t27-,28-,29+/m0/s1. The van der Waals surface area contributed by atoms with E-state index in [1.807, 2.05) is 31.7 Å². The molecule has 3 rings (SSSR count). The molecular formula is C31H43F2N3O3. The van der Waals surface area contributed by atoms with Crippen molar-refractivity contribution in [3.63, 3.8) is 0 Å². The molecule has 2 aromatic carbocycles. The first-order valence-corrected chi connectivity index (χ1v) is 14.2. The van der Waals surface area contributed by atoms with E-state index >= 15 is 0 Å². The summed E-state index contributed by atoms with van der Waals surface area (Å²) in [5.74, 6) is -1.69. The highest BCUT2D eigenvalue weighted by molar-refractivity contribution is 6.00. The van der Waals surface area contributed by atoms with Gasteiger partial charge in [0.05, 0.1) is 6.10 Å². The summed E-state index contributed by atoms with van der Waals surface area (Å²) in [6, 6.07) is 8.38. The maximum Gasteiger partial charge on any atom is 0.253 e. The number of aryl methyl sites for hydroxylation is 1. The van der Waals surface area contributed by atoms with E-state index in [0.717, 1.165) is 43.9 Å². The quantitative estimate of drug-likeness (QED) is 0.334. The average molecular weight is 544 g/mol. The van der Waals surface area contributed by atoms with Gasteiger partial charge in [-0.05, 0) is 86.9 Å². The third kappa shape index (κ3) is 9.39. The van der Waals surface area contributed by atoms with E-state index in [4.69, 9.17) is 4.74 Å². The minimum atomic E-state index is -0.646. The predicted molar refractivity (Wildman–Crippen MR) is 150 cm³/mol. The number of carbonyl (C=O) groups excluding carboxylic acids is 2. The summed E-state index contributed by atoms with van der Waals surface area (Å²) in [4.78, 5) is 28.5. The Morgan fingerprint density at radius 2 is 1.67 bits per heavy atom. The van der Waals surface area contributed by atoms with E-state index in [-0.39, 0.29) is 36.4 Å². The average Bonchev–Trinajstić information content (AvgIpc) is 3.32. The van der Waals surface area contributed by atoms with Crippen molar-refractivity contribution in [2.75, 3.05) is 26.2 Å². The lowest BCUT2D eigenvalue weighted by Crippen LogP contribution is -2.41. The van der Waals surface area contributed by atoms with Crippen molar-refractivity contribution in [1.82, 2.24) is 15.5 Å². The third-order valence-corrected chi connectivity index (χ3v) is 6.91. The minimum Gasteiger partial charge on any atom is -0.377 e. The molecule has 2 amide bonds. The van der Waals surface area contributed by atoms with E-state index in [1.54, 1.807) is 12.1 Å². The van der Waals surface area contributed by atoms with Crippen molar-refractivity contribution >= 4 is 11.8 Å². The Balaban J connectivity index is 1.79. The molecule has 0 aromatic heterocycles. The number of nitrogens with one attached hydrogen (secondary N) is 2. The molecule has 0 saturated carbocycles. The highest BCUT2D eigenvalue weighted by Crippen LogP contribution is 2.20. The summed E-state index contributed by atoms with van der Waals surface area (Å²) in [5, 5.41) is 6.55. The number of amides is 2. The van der Waals surface area contributed by atoms with Crippen LogP contribution < -0.4 is 10.6 Å². The first-order valence-electron chi connectivity index (χ1n) is 14.2. The van der Waals surface area contributed by atoms with Gasteiger partial charge in [0.25, 0.3) is 11.8 Å². The van der Waals surface area contributed by atoms with Gasteiger partial charge in [0.2, 0.25) is 0 Å². The van der Waals surface area contributed by atoms with Gasteiger partial charge in [0.15, 0.2) is 0 Å². The number of hydrogen-bond acceptors (Lipinski definition) is 4. The van der Waals surface area contributed by atoms with Gasteiger partial charge in [0, 0.05) is 55.5 Å². The van der Waals surface area contributed by atoms with Crippen LogP contribution in [0.2, 0.25) is 0 Å². The molecule has 1 fully saturated rings. The van der Waals surface area contributed by atoms with Crippen LogP contribution in [0.3, 0.4) is 0 Å². The maximum absolute atomic E-state index is 13.9. The van der Waals surface area contributed by atoms with Crippen LogP contribution in [-0.2, 0) is 11.2 Å². The minimum absolute atomic E-state index is 0.0866. The number of benzene rings is 2. The molecule has 1 saturated heterocycles. The molecule has 2 aromatic rings. The second-order valence-corrected chi connectivity index (χ2v) is 10.6. The summed E-state index contributed by atoms with van der Waals surface area (Å²) < 4.78 is 33.7. The molecule has 214 valence electrons. The van der Waals surface area contributed by atoms with Gasteiger partial charge in [-0.3, -0.25) is 9.59 Å². The van der Waals surface area contributed by atoms with Crippen molar-refractivity contribution in [3.8, 4) is 0 Å². The van der Waals surface area contributed by atoms with Crippen LogP contribution in [0.1, 0.15) is 84.7 Å². The van der Waals surface area contributed by atoms with Crippen LogP contribution in [0.15, 0.2) is 36.4 Å². The smallest absolute Gasteiger partial charge is 0.253 e. The summed E-state index contributed by atoms with van der Waals surface area (Å²) in [7, 11) is 0. The molecule has 1 aliphatic rings. The molecule has 0 spiro atoms. The largest absolute Gasteiger partial charge is 0.377 e. The second kappa shape index (κ2) is 15.1. The molecule has 2 N–H and O–H groups in total. The van der Waals surface area contributed by atoms with E-state index in [2.05, 4.69) is 17.6 Å². The number of carbonyl (C=O) groups is 2. The molecule has 39 heavy (non-hydrogen) atoms. The molecule has 1 heterocycles. The fourth-order valence-corrected chi connectivity index (χ4v) is 5.27. The van der Waals surface area contributed by atoms with Gasteiger partial charge in [-0.1, -0.05) is 20.8 Å². The Kier molecular flexibility index (Phi) is 11.9. The summed E-state index contributed by atoms with van der Waals surface area (Å²) in [6.07, 6.45) is 4.42. The zero-order valence-electron chi connectivity index (χ0n) is 23.7. The molecule has 6 nitrogen and oxygen atoms in total. The van der Waals surface area contributed by atoms with Gasteiger partial charge in [-0.25, -0.2) is 8.78 Å². The molecular weight excluding hydrogens is 500 g/mol. The number of nitrogens with zero attached hydrogens (tertiary/aromatic N) is 1. The van der Waals surface area contributed by atoms with Crippen molar-refractivity contribution in [2.45, 2.75) is 84.4 Å². The Bertz CT molecular complexity index is 1080. The Morgan fingerprint density at radius 1 is 1.00 bits per heavy atom. The van der Waals surface area contributed by atoms with E-state index in [9.17, 15) is 18.4 Å². The number of ether oxygens (including phenoxy) is 1. The molecule has 0 bridgehead atoms. The zero-order valence-corrected chi connectivity index (χ0v) is 23.7. The fourth-order valence-electron chi connectivity index (χ4n) is 5.27. The molecule has 0 aliphatic carbocycles. The van der Waals surface area contributed by atoms with E-state index in [1.165, 1.54) is 12.1 Å². The summed E-state index contributed by atoms with van der Waals surface area (Å²) in [5.41, 5.74) is 2.17. The van der Waals surface area contributed by atoms with Crippen LogP contribution in [0.4, 0.5) is 8.78 Å². The number of halogens is 2. The Morgan fingerprint density at radius 3 is 2.31 bits per heavy atom. The van der Waals surface area contributed by atoms with Gasteiger partial charge in [-0.15, -0.1) is 0 Å². The SMILES string of the molecule is CCCO[C@H]1CN[C@@H](C[C@H](Cc2cc(F)cc(F)c2)NC(=O)c2cc(C)cc(C(=O)N(CCC)CCC)c2)C1. The predicted octanol–water partition coefficient (Wildman–Crippen LogP) is 5.42. The normalized spacial score (nSPS) is 17.7. The Hall–Kier alpha value is -2.84. The van der Waals surface area contributed by atoms with Gasteiger partial charge >= 0.3 is 0 Å². The zero-order chi connectivity index (χ0) is 28.4. The first kappa shape index (κ1) is 30.7. The highest BCUT2D eigenvalue weighted by atomic mass is 19.1. The van der Waals surface area contributed by atoms with E-state index in [0.29, 0.717) is 42.8 Å². The lowest BCUT2D eigenvalue weighted by Gasteiger charge is -2.24. The van der Waals surface area contributed by atoms with Gasteiger partial charge in [0.1, 0.15) is 11.6 Å². The van der Waals surface area contributed by atoms with Gasteiger partial charge in [-0.2, -0.15) is 0 Å². The van der Waals surface area contributed by atoms with Gasteiger partial charge < -0.3 is 20.3 Å². The summed E-state index contributed by atoms with van der Waals surface area (Å²) in [6.45, 7) is 10.7. The van der Waals surface area contributed by atoms with Crippen molar-refractivity contribution < 1.29 is 23.1 Å².